The van der Waals surface area contributed by atoms with Crippen molar-refractivity contribution in [3.8, 4) is 0 Å². The molecule has 0 aromatic heterocycles. The summed E-state index contributed by atoms with van der Waals surface area (Å²) in [5.41, 5.74) is -1.41. The monoisotopic (exact) mass is 270 g/mol. The van der Waals surface area contributed by atoms with E-state index in [0.717, 1.165) is 25.9 Å². The molecule has 2 saturated heterocycles. The molecule has 2 rings (SSSR count). The highest BCUT2D eigenvalue weighted by Gasteiger charge is 2.39. The fourth-order valence-corrected chi connectivity index (χ4v) is 3.39. The second-order valence-corrected chi connectivity index (χ2v) is 6.00. The smallest absolute Gasteiger partial charge is 0.338 e. The molecular weight excluding hydrogens is 244 g/mol. The molecule has 2 aliphatic rings. The molecule has 3 atom stereocenters. The molecular formula is C14H26N2O3. The van der Waals surface area contributed by atoms with Crippen molar-refractivity contribution in [3.63, 3.8) is 0 Å². The van der Waals surface area contributed by atoms with E-state index in [1.54, 1.807) is 6.92 Å². The highest BCUT2D eigenvalue weighted by atomic mass is 16.5. The van der Waals surface area contributed by atoms with Crippen LogP contribution in [0.15, 0.2) is 0 Å². The van der Waals surface area contributed by atoms with Crippen molar-refractivity contribution >= 4 is 5.97 Å². The van der Waals surface area contributed by atoms with Crippen LogP contribution in [0.4, 0.5) is 0 Å². The van der Waals surface area contributed by atoms with Crippen LogP contribution in [0.3, 0.4) is 0 Å². The molecule has 5 nitrogen and oxygen atoms in total. The second-order valence-electron chi connectivity index (χ2n) is 6.00. The zero-order chi connectivity index (χ0) is 13.9. The average Bonchev–Trinajstić information content (AvgIpc) is 2.91. The molecule has 0 bridgehead atoms. The van der Waals surface area contributed by atoms with Crippen LogP contribution in [-0.4, -0.2) is 60.4 Å². The number of likely N-dealkylation sites (tertiary alicyclic amines) is 1. The molecule has 0 spiro atoms. The number of nitrogens with one attached hydrogen (secondary N) is 1. The van der Waals surface area contributed by atoms with Crippen molar-refractivity contribution in [1.29, 1.82) is 0 Å². The third-order valence-electron chi connectivity index (χ3n) is 4.36. The number of esters is 1. The quantitative estimate of drug-likeness (QED) is 0.729. The van der Waals surface area contributed by atoms with Crippen LogP contribution in [0.2, 0.25) is 0 Å². The first-order valence-corrected chi connectivity index (χ1v) is 7.33. The Balaban J connectivity index is 2.01. The van der Waals surface area contributed by atoms with Gasteiger partial charge >= 0.3 is 5.97 Å². The number of carbonyl (C=O) groups excluding carboxylic acids is 1. The summed E-state index contributed by atoms with van der Waals surface area (Å²) in [5.74, 6) is -0.545. The van der Waals surface area contributed by atoms with Crippen LogP contribution < -0.4 is 5.32 Å². The van der Waals surface area contributed by atoms with E-state index in [4.69, 9.17) is 0 Å². The van der Waals surface area contributed by atoms with Gasteiger partial charge in [-0.2, -0.15) is 0 Å². The summed E-state index contributed by atoms with van der Waals surface area (Å²) < 4.78 is 4.69. The Bertz CT molecular complexity index is 314. The molecule has 2 fully saturated rings. The van der Waals surface area contributed by atoms with Gasteiger partial charge in [0.15, 0.2) is 5.60 Å². The van der Waals surface area contributed by atoms with Crippen molar-refractivity contribution in [2.45, 2.75) is 56.7 Å². The Morgan fingerprint density at radius 1 is 1.42 bits per heavy atom. The van der Waals surface area contributed by atoms with Gasteiger partial charge in [0.1, 0.15) is 0 Å². The van der Waals surface area contributed by atoms with E-state index in [1.165, 1.54) is 26.4 Å². The lowest BCUT2D eigenvalue weighted by Crippen LogP contribution is -2.56. The predicted octanol–water partition coefficient (Wildman–Crippen LogP) is 0.517. The normalized spacial score (nSPS) is 31.9. The number of β-amino-alcohol motifs (C(OH)–C–C–N with tert-alkyl or cyclic N) is 1. The Kier molecular flexibility index (Phi) is 4.81. The molecule has 19 heavy (non-hydrogen) atoms. The van der Waals surface area contributed by atoms with Crippen LogP contribution in [0.5, 0.6) is 0 Å². The maximum Gasteiger partial charge on any atom is 0.338 e. The zero-order valence-electron chi connectivity index (χ0n) is 12.0. The fourth-order valence-electron chi connectivity index (χ4n) is 3.39. The Labute approximate surface area is 115 Å². The average molecular weight is 270 g/mol. The number of carbonyl (C=O) groups is 1. The van der Waals surface area contributed by atoms with Crippen LogP contribution in [0.1, 0.15) is 39.0 Å². The third kappa shape index (κ3) is 3.46. The van der Waals surface area contributed by atoms with E-state index in [1.807, 2.05) is 0 Å². The van der Waals surface area contributed by atoms with E-state index in [0.29, 0.717) is 18.6 Å². The lowest BCUT2D eigenvalue weighted by atomic mass is 9.92. The Morgan fingerprint density at radius 2 is 2.21 bits per heavy atom. The summed E-state index contributed by atoms with van der Waals surface area (Å²) >= 11 is 0. The molecule has 0 amide bonds. The SMILES string of the molecule is COC(=O)C(C)(O)CN1CCCCC1C1CCCN1. The highest BCUT2D eigenvalue weighted by Crippen LogP contribution is 2.26. The van der Waals surface area contributed by atoms with Crippen molar-refractivity contribution < 1.29 is 14.6 Å². The minimum atomic E-state index is -1.41. The van der Waals surface area contributed by atoms with Crippen molar-refractivity contribution in [3.05, 3.63) is 0 Å². The van der Waals surface area contributed by atoms with Gasteiger partial charge in [0.05, 0.1) is 7.11 Å². The maximum absolute atomic E-state index is 11.6. The van der Waals surface area contributed by atoms with Gasteiger partial charge in [-0.05, 0) is 45.7 Å². The lowest BCUT2D eigenvalue weighted by Gasteiger charge is -2.41. The van der Waals surface area contributed by atoms with Crippen molar-refractivity contribution in [2.24, 2.45) is 0 Å². The number of ether oxygens (including phenoxy) is 1. The van der Waals surface area contributed by atoms with Gasteiger partial charge in [-0.15, -0.1) is 0 Å². The molecule has 3 unspecified atom stereocenters. The number of aliphatic hydroxyl groups is 1. The molecule has 2 N–H and O–H groups in total. The van der Waals surface area contributed by atoms with Crippen LogP contribution >= 0.6 is 0 Å². The number of methoxy groups -OCH3 is 1. The van der Waals surface area contributed by atoms with Gasteiger partial charge in [-0.3, -0.25) is 4.90 Å². The standard InChI is InChI=1S/C14H26N2O3/c1-14(18,13(17)19-2)10-16-9-4-3-7-12(16)11-6-5-8-15-11/h11-12,15,18H,3-10H2,1-2H3. The van der Waals surface area contributed by atoms with E-state index >= 15 is 0 Å². The van der Waals surface area contributed by atoms with E-state index in [9.17, 15) is 9.90 Å². The van der Waals surface area contributed by atoms with Crippen molar-refractivity contribution in [1.82, 2.24) is 10.2 Å². The predicted molar refractivity (Wildman–Crippen MR) is 72.9 cm³/mol. The highest BCUT2D eigenvalue weighted by molar-refractivity contribution is 5.78. The number of piperidine rings is 1. The third-order valence-corrected chi connectivity index (χ3v) is 4.36. The van der Waals surface area contributed by atoms with Crippen LogP contribution in [0, 0.1) is 0 Å². The van der Waals surface area contributed by atoms with Gasteiger partial charge in [-0.1, -0.05) is 6.42 Å². The summed E-state index contributed by atoms with van der Waals surface area (Å²) in [6, 6.07) is 0.945. The Morgan fingerprint density at radius 3 is 2.84 bits per heavy atom. The maximum atomic E-state index is 11.6. The summed E-state index contributed by atoms with van der Waals surface area (Å²) in [6.45, 7) is 3.95. The molecule has 0 aliphatic carbocycles. The van der Waals surface area contributed by atoms with E-state index in [2.05, 4.69) is 15.0 Å². The second kappa shape index (κ2) is 6.20. The molecule has 0 radical (unpaired) electrons. The van der Waals surface area contributed by atoms with Crippen LogP contribution in [0.25, 0.3) is 0 Å². The topological polar surface area (TPSA) is 61.8 Å². The first kappa shape index (κ1) is 14.8. The van der Waals surface area contributed by atoms with Gasteiger partial charge < -0.3 is 15.2 Å². The zero-order valence-corrected chi connectivity index (χ0v) is 12.0. The van der Waals surface area contributed by atoms with Gasteiger partial charge in [-0.25, -0.2) is 4.79 Å². The summed E-state index contributed by atoms with van der Waals surface area (Å²) in [5, 5.41) is 13.8. The van der Waals surface area contributed by atoms with E-state index < -0.39 is 11.6 Å². The minimum Gasteiger partial charge on any atom is -0.467 e. The van der Waals surface area contributed by atoms with Gasteiger partial charge in [0, 0.05) is 18.6 Å². The number of rotatable bonds is 4. The molecule has 5 heteroatoms. The summed E-state index contributed by atoms with van der Waals surface area (Å²) in [7, 11) is 1.32. The van der Waals surface area contributed by atoms with Gasteiger partial charge in [0.25, 0.3) is 0 Å². The molecule has 2 aliphatic heterocycles. The number of hydrogen-bond donors (Lipinski definition) is 2. The first-order chi connectivity index (χ1) is 9.04. The molecule has 0 aromatic rings. The molecule has 0 aromatic carbocycles. The summed E-state index contributed by atoms with van der Waals surface area (Å²) in [6.07, 6.45) is 5.94. The van der Waals surface area contributed by atoms with Crippen molar-refractivity contribution in [2.75, 3.05) is 26.7 Å². The summed E-state index contributed by atoms with van der Waals surface area (Å²) in [4.78, 5) is 13.9. The number of hydrogen-bond acceptors (Lipinski definition) is 5. The Hall–Kier alpha value is -0.650. The molecule has 0 saturated carbocycles. The van der Waals surface area contributed by atoms with E-state index in [-0.39, 0.29) is 0 Å². The molecule has 110 valence electrons. The first-order valence-electron chi connectivity index (χ1n) is 7.33. The van der Waals surface area contributed by atoms with Gasteiger partial charge in [0.2, 0.25) is 0 Å². The molecule has 2 heterocycles. The number of nitrogens with zero attached hydrogens (tertiary/aromatic N) is 1. The fraction of sp³-hybridized carbons (Fsp3) is 0.929. The van der Waals surface area contributed by atoms with Crippen LogP contribution in [-0.2, 0) is 9.53 Å². The minimum absolute atomic E-state index is 0.364. The lowest BCUT2D eigenvalue weighted by molar-refractivity contribution is -0.163. The largest absolute Gasteiger partial charge is 0.467 e.